The van der Waals surface area contributed by atoms with E-state index in [1.807, 2.05) is 32.8 Å². The zero-order valence-corrected chi connectivity index (χ0v) is 15.7. The molecule has 1 atom stereocenters. The Hall–Kier alpha value is -2.18. The number of hydrogen-bond donors (Lipinski definition) is 0. The number of hydrogen-bond acceptors (Lipinski definition) is 5. The molecule has 5 nitrogen and oxygen atoms in total. The summed E-state index contributed by atoms with van der Waals surface area (Å²) in [6, 6.07) is 12.7. The van der Waals surface area contributed by atoms with Gasteiger partial charge in [-0.15, -0.1) is 0 Å². The van der Waals surface area contributed by atoms with Crippen molar-refractivity contribution in [2.45, 2.75) is 18.7 Å². The van der Waals surface area contributed by atoms with E-state index in [0.717, 1.165) is 5.56 Å². The first kappa shape index (κ1) is 19.1. The predicted molar refractivity (Wildman–Crippen MR) is 97.5 cm³/mol. The van der Waals surface area contributed by atoms with Gasteiger partial charge in [-0.05, 0) is 45.3 Å². The summed E-state index contributed by atoms with van der Waals surface area (Å²) < 4.78 is 29.9. The third-order valence-electron chi connectivity index (χ3n) is 3.72. The lowest BCUT2D eigenvalue weighted by Gasteiger charge is -2.16. The van der Waals surface area contributed by atoms with Crippen LogP contribution in [-0.2, 0) is 10.1 Å². The van der Waals surface area contributed by atoms with E-state index in [1.165, 1.54) is 24.3 Å². The molecular weight excluding hydrogens is 338 g/mol. The third-order valence-corrected chi connectivity index (χ3v) is 4.98. The number of ketones is 1. The van der Waals surface area contributed by atoms with Crippen LogP contribution in [-0.4, -0.2) is 39.7 Å². The lowest BCUT2D eigenvalue weighted by Crippen LogP contribution is -2.25. The average Bonchev–Trinajstić information content (AvgIpc) is 2.53. The van der Waals surface area contributed by atoms with Gasteiger partial charge in [0.2, 0.25) is 0 Å². The van der Waals surface area contributed by atoms with E-state index in [4.69, 9.17) is 4.18 Å². The Morgan fingerprint density at radius 2 is 1.76 bits per heavy atom. The molecule has 0 fully saturated rings. The van der Waals surface area contributed by atoms with Gasteiger partial charge < -0.3 is 9.08 Å². The Labute approximate surface area is 149 Å². The van der Waals surface area contributed by atoms with Gasteiger partial charge in [0.05, 0.1) is 0 Å². The first-order valence-corrected chi connectivity index (χ1v) is 9.40. The van der Waals surface area contributed by atoms with Crippen LogP contribution in [0.3, 0.4) is 0 Å². The van der Waals surface area contributed by atoms with Crippen molar-refractivity contribution in [3.8, 4) is 5.75 Å². The number of carbonyl (C=O) groups is 1. The fourth-order valence-corrected chi connectivity index (χ4v) is 3.42. The van der Waals surface area contributed by atoms with Crippen LogP contribution in [0.1, 0.15) is 22.8 Å². The smallest absolute Gasteiger partial charge is 0.339 e. The molecule has 2 aromatic rings. The molecule has 0 saturated carbocycles. The molecule has 0 bridgehead atoms. The SMILES string of the molecule is Cc1ccc(S(=O)(=O)Oc2cccc(C(=O)[C@@H](C)CN(C)C)c2)cc1. The molecule has 0 aliphatic heterocycles. The number of carbonyl (C=O) groups excluding carboxylic acids is 1. The maximum absolute atomic E-state index is 12.5. The largest absolute Gasteiger partial charge is 0.379 e. The fraction of sp³-hybridized carbons (Fsp3) is 0.316. The minimum Gasteiger partial charge on any atom is -0.379 e. The Kier molecular flexibility index (Phi) is 5.98. The van der Waals surface area contributed by atoms with Gasteiger partial charge in [-0.2, -0.15) is 8.42 Å². The molecule has 2 aromatic carbocycles. The topological polar surface area (TPSA) is 63.7 Å². The number of benzene rings is 2. The minimum atomic E-state index is -3.93. The lowest BCUT2D eigenvalue weighted by molar-refractivity contribution is 0.0909. The monoisotopic (exact) mass is 361 g/mol. The van der Waals surface area contributed by atoms with E-state index >= 15 is 0 Å². The van der Waals surface area contributed by atoms with Gasteiger partial charge in [0, 0.05) is 18.0 Å². The summed E-state index contributed by atoms with van der Waals surface area (Å²) in [4.78, 5) is 14.5. The molecule has 25 heavy (non-hydrogen) atoms. The van der Waals surface area contributed by atoms with Gasteiger partial charge in [-0.25, -0.2) is 0 Å². The molecule has 6 heteroatoms. The van der Waals surface area contributed by atoms with E-state index in [2.05, 4.69) is 0 Å². The van der Waals surface area contributed by atoms with Crippen LogP contribution in [0.15, 0.2) is 53.4 Å². The number of rotatable bonds is 7. The summed E-state index contributed by atoms with van der Waals surface area (Å²) in [6.07, 6.45) is 0. The molecule has 0 amide bonds. The molecule has 0 spiro atoms. The Bertz CT molecular complexity index is 842. The van der Waals surface area contributed by atoms with Crippen LogP contribution in [0.25, 0.3) is 0 Å². The van der Waals surface area contributed by atoms with Gasteiger partial charge in [0.1, 0.15) is 10.6 Å². The van der Waals surface area contributed by atoms with Crippen molar-refractivity contribution in [3.63, 3.8) is 0 Å². The highest BCUT2D eigenvalue weighted by Crippen LogP contribution is 2.21. The van der Waals surface area contributed by atoms with Crippen LogP contribution in [0.4, 0.5) is 0 Å². The first-order chi connectivity index (χ1) is 11.7. The highest BCUT2D eigenvalue weighted by Gasteiger charge is 2.19. The minimum absolute atomic E-state index is 0.0492. The Morgan fingerprint density at radius 3 is 2.36 bits per heavy atom. The van der Waals surface area contributed by atoms with Crippen molar-refractivity contribution in [2.75, 3.05) is 20.6 Å². The van der Waals surface area contributed by atoms with Gasteiger partial charge in [0.15, 0.2) is 5.78 Å². The average molecular weight is 361 g/mol. The van der Waals surface area contributed by atoms with Crippen molar-refractivity contribution in [1.82, 2.24) is 4.90 Å². The summed E-state index contributed by atoms with van der Waals surface area (Å²) in [6.45, 7) is 4.34. The van der Waals surface area contributed by atoms with Crippen molar-refractivity contribution in [1.29, 1.82) is 0 Å². The van der Waals surface area contributed by atoms with Gasteiger partial charge in [0.25, 0.3) is 0 Å². The van der Waals surface area contributed by atoms with Crippen LogP contribution >= 0.6 is 0 Å². The summed E-state index contributed by atoms with van der Waals surface area (Å²) in [7, 11) is -0.131. The highest BCUT2D eigenvalue weighted by atomic mass is 32.2. The highest BCUT2D eigenvalue weighted by molar-refractivity contribution is 7.87. The molecular formula is C19H23NO4S. The lowest BCUT2D eigenvalue weighted by atomic mass is 9.99. The van der Waals surface area contributed by atoms with Crippen LogP contribution < -0.4 is 4.18 Å². The van der Waals surface area contributed by atoms with Crippen molar-refractivity contribution in [2.24, 2.45) is 5.92 Å². The molecule has 134 valence electrons. The molecule has 0 aliphatic carbocycles. The van der Waals surface area contributed by atoms with E-state index in [-0.39, 0.29) is 22.3 Å². The number of nitrogens with zero attached hydrogens (tertiary/aromatic N) is 1. The van der Waals surface area contributed by atoms with E-state index in [1.54, 1.807) is 24.3 Å². The number of Topliss-reactive ketones (excluding diaryl/α,β-unsaturated/α-hetero) is 1. The molecule has 0 unspecified atom stereocenters. The standard InChI is InChI=1S/C19H23NO4S/c1-14-8-10-18(11-9-14)25(22,23)24-17-7-5-6-16(12-17)19(21)15(2)13-20(3)4/h5-12,15H,13H2,1-4H3/t15-/m0/s1. The summed E-state index contributed by atoms with van der Waals surface area (Å²) in [5.41, 5.74) is 1.40. The second-order valence-electron chi connectivity index (χ2n) is 6.41. The van der Waals surface area contributed by atoms with Crippen LogP contribution in [0.2, 0.25) is 0 Å². The van der Waals surface area contributed by atoms with E-state index in [9.17, 15) is 13.2 Å². The summed E-state index contributed by atoms with van der Waals surface area (Å²) >= 11 is 0. The summed E-state index contributed by atoms with van der Waals surface area (Å²) in [5.74, 6) is -0.116. The zero-order chi connectivity index (χ0) is 18.6. The quantitative estimate of drug-likeness (QED) is 0.560. The maximum atomic E-state index is 12.5. The molecule has 2 rings (SSSR count). The van der Waals surface area contributed by atoms with Crippen molar-refractivity contribution >= 4 is 15.9 Å². The molecule has 0 aromatic heterocycles. The van der Waals surface area contributed by atoms with Gasteiger partial charge >= 0.3 is 10.1 Å². The predicted octanol–water partition coefficient (Wildman–Crippen LogP) is 3.14. The van der Waals surface area contributed by atoms with Crippen molar-refractivity contribution in [3.05, 3.63) is 59.7 Å². The first-order valence-electron chi connectivity index (χ1n) is 7.99. The van der Waals surface area contributed by atoms with E-state index < -0.39 is 10.1 Å². The molecule has 0 saturated heterocycles. The Balaban J connectivity index is 2.21. The van der Waals surface area contributed by atoms with Gasteiger partial charge in [-0.1, -0.05) is 36.8 Å². The maximum Gasteiger partial charge on any atom is 0.339 e. The molecule has 0 N–H and O–H groups in total. The molecule has 0 heterocycles. The Morgan fingerprint density at radius 1 is 1.12 bits per heavy atom. The summed E-state index contributed by atoms with van der Waals surface area (Å²) in [5, 5.41) is 0. The normalized spacial score (nSPS) is 12.8. The second-order valence-corrected chi connectivity index (χ2v) is 7.95. The zero-order valence-electron chi connectivity index (χ0n) is 14.9. The fourth-order valence-electron chi connectivity index (χ4n) is 2.50. The van der Waals surface area contributed by atoms with Crippen molar-refractivity contribution < 1.29 is 17.4 Å². The number of aryl methyl sites for hydroxylation is 1. The second kappa shape index (κ2) is 7.80. The van der Waals surface area contributed by atoms with Gasteiger partial charge in [-0.3, -0.25) is 4.79 Å². The molecule has 0 aliphatic rings. The molecule has 0 radical (unpaired) electrons. The van der Waals surface area contributed by atoms with Crippen LogP contribution in [0.5, 0.6) is 5.75 Å². The van der Waals surface area contributed by atoms with Crippen LogP contribution in [0, 0.1) is 12.8 Å². The van der Waals surface area contributed by atoms with E-state index in [0.29, 0.717) is 12.1 Å². The third kappa shape index (κ3) is 5.14.